The molecule has 0 aliphatic heterocycles. The molecule has 9 heteroatoms. The van der Waals surface area contributed by atoms with Crippen molar-refractivity contribution in [2.24, 2.45) is 5.73 Å². The van der Waals surface area contributed by atoms with Crippen molar-refractivity contribution in [3.63, 3.8) is 0 Å². The quantitative estimate of drug-likeness (QED) is 0.796. The number of anilines is 1. The first-order valence-electron chi connectivity index (χ1n) is 5.14. The highest BCUT2D eigenvalue weighted by atomic mass is 35.5. The SMILES string of the molecule is NCc1cn[nH]c1S(=O)(=O)Nc1ccc(Cl)cc1F. The second-order valence-electron chi connectivity index (χ2n) is 3.66. The van der Waals surface area contributed by atoms with E-state index in [0.29, 0.717) is 5.56 Å². The Morgan fingerprint density at radius 2 is 2.21 bits per heavy atom. The number of nitrogens with one attached hydrogen (secondary N) is 2. The average Bonchev–Trinajstić information content (AvgIpc) is 2.82. The van der Waals surface area contributed by atoms with Crippen LogP contribution in [0.1, 0.15) is 5.56 Å². The molecule has 2 rings (SSSR count). The summed E-state index contributed by atoms with van der Waals surface area (Å²) in [5.41, 5.74) is 5.49. The zero-order chi connectivity index (χ0) is 14.0. The van der Waals surface area contributed by atoms with Gasteiger partial charge in [-0.1, -0.05) is 11.6 Å². The molecule has 0 aliphatic rings. The minimum Gasteiger partial charge on any atom is -0.326 e. The molecule has 0 atom stereocenters. The second kappa shape index (κ2) is 5.16. The molecule has 2 aromatic rings. The van der Waals surface area contributed by atoms with Crippen molar-refractivity contribution in [1.82, 2.24) is 10.2 Å². The molecule has 0 fully saturated rings. The largest absolute Gasteiger partial charge is 0.326 e. The van der Waals surface area contributed by atoms with Crippen LogP contribution in [0.3, 0.4) is 0 Å². The van der Waals surface area contributed by atoms with E-state index in [-0.39, 0.29) is 22.3 Å². The summed E-state index contributed by atoms with van der Waals surface area (Å²) in [6.07, 6.45) is 1.30. The summed E-state index contributed by atoms with van der Waals surface area (Å²) in [5.74, 6) is -0.773. The van der Waals surface area contributed by atoms with E-state index in [9.17, 15) is 12.8 Å². The van der Waals surface area contributed by atoms with Gasteiger partial charge >= 0.3 is 0 Å². The number of aromatic amines is 1. The first-order chi connectivity index (χ1) is 8.94. The van der Waals surface area contributed by atoms with Crippen LogP contribution in [0.15, 0.2) is 29.4 Å². The van der Waals surface area contributed by atoms with E-state index in [1.54, 1.807) is 0 Å². The number of halogens is 2. The third-order valence-corrected chi connectivity index (χ3v) is 3.96. The first kappa shape index (κ1) is 13.8. The fraction of sp³-hybridized carbons (Fsp3) is 0.100. The highest BCUT2D eigenvalue weighted by Crippen LogP contribution is 2.22. The van der Waals surface area contributed by atoms with Crippen molar-refractivity contribution in [3.8, 4) is 0 Å². The number of H-pyrrole nitrogens is 1. The third kappa shape index (κ3) is 2.86. The fourth-order valence-electron chi connectivity index (χ4n) is 1.45. The lowest BCUT2D eigenvalue weighted by molar-refractivity contribution is 0.593. The van der Waals surface area contributed by atoms with Crippen LogP contribution in [0.4, 0.5) is 10.1 Å². The van der Waals surface area contributed by atoms with Gasteiger partial charge in [0.25, 0.3) is 10.0 Å². The number of hydrogen-bond donors (Lipinski definition) is 3. The molecular weight excluding hydrogens is 295 g/mol. The Bertz CT molecular complexity index is 701. The monoisotopic (exact) mass is 304 g/mol. The molecule has 0 amide bonds. The molecule has 0 unspecified atom stereocenters. The standard InChI is InChI=1S/C10H10ClFN4O2S/c11-7-1-2-9(8(12)3-7)16-19(17,18)10-6(4-13)5-14-15-10/h1-3,5,16H,4,13H2,(H,14,15). The summed E-state index contributed by atoms with van der Waals surface area (Å²) < 4.78 is 39.7. The first-order valence-corrected chi connectivity index (χ1v) is 7.00. The van der Waals surface area contributed by atoms with E-state index in [2.05, 4.69) is 14.9 Å². The molecule has 0 radical (unpaired) electrons. The lowest BCUT2D eigenvalue weighted by atomic mass is 10.3. The molecule has 1 aromatic heterocycles. The van der Waals surface area contributed by atoms with Gasteiger partial charge in [0, 0.05) is 17.1 Å². The van der Waals surface area contributed by atoms with Crippen LogP contribution < -0.4 is 10.5 Å². The minimum absolute atomic E-state index is 0.00412. The van der Waals surface area contributed by atoms with Gasteiger partial charge in [-0.25, -0.2) is 4.39 Å². The Kier molecular flexibility index (Phi) is 3.74. The molecule has 0 bridgehead atoms. The Balaban J connectivity index is 2.37. The number of nitrogens with zero attached hydrogens (tertiary/aromatic N) is 1. The Labute approximate surface area is 113 Å². The highest BCUT2D eigenvalue weighted by Gasteiger charge is 2.21. The van der Waals surface area contributed by atoms with E-state index in [4.69, 9.17) is 17.3 Å². The van der Waals surface area contributed by atoms with Crippen LogP contribution in [0.25, 0.3) is 0 Å². The van der Waals surface area contributed by atoms with Crippen molar-refractivity contribution in [1.29, 1.82) is 0 Å². The summed E-state index contributed by atoms with van der Waals surface area (Å²) in [4.78, 5) is 0. The van der Waals surface area contributed by atoms with Gasteiger partial charge in [0.1, 0.15) is 5.82 Å². The van der Waals surface area contributed by atoms with Crippen LogP contribution in [0.2, 0.25) is 5.02 Å². The van der Waals surface area contributed by atoms with Crippen LogP contribution >= 0.6 is 11.6 Å². The van der Waals surface area contributed by atoms with E-state index < -0.39 is 15.8 Å². The van der Waals surface area contributed by atoms with Crippen LogP contribution in [0.5, 0.6) is 0 Å². The number of aromatic nitrogens is 2. The second-order valence-corrected chi connectivity index (χ2v) is 5.71. The van der Waals surface area contributed by atoms with E-state index >= 15 is 0 Å². The smallest absolute Gasteiger partial charge is 0.279 e. The van der Waals surface area contributed by atoms with Crippen molar-refractivity contribution in [2.45, 2.75) is 11.6 Å². The van der Waals surface area contributed by atoms with E-state index in [1.165, 1.54) is 18.3 Å². The highest BCUT2D eigenvalue weighted by molar-refractivity contribution is 7.92. The predicted octanol–water partition coefficient (Wildman–Crippen LogP) is 1.46. The van der Waals surface area contributed by atoms with Crippen molar-refractivity contribution in [3.05, 3.63) is 40.8 Å². The van der Waals surface area contributed by atoms with E-state index in [0.717, 1.165) is 6.07 Å². The summed E-state index contributed by atoms with van der Waals surface area (Å²) in [5, 5.41) is 5.90. The average molecular weight is 305 g/mol. The summed E-state index contributed by atoms with van der Waals surface area (Å²) in [7, 11) is -3.98. The lowest BCUT2D eigenvalue weighted by Crippen LogP contribution is -2.17. The molecule has 102 valence electrons. The molecule has 19 heavy (non-hydrogen) atoms. The van der Waals surface area contributed by atoms with Crippen LogP contribution in [-0.4, -0.2) is 18.6 Å². The minimum atomic E-state index is -3.98. The number of sulfonamides is 1. The molecule has 0 aliphatic carbocycles. The molecule has 0 saturated carbocycles. The number of rotatable bonds is 4. The number of nitrogens with two attached hydrogens (primary N) is 1. The predicted molar refractivity (Wildman–Crippen MR) is 68.7 cm³/mol. The maximum absolute atomic E-state index is 13.5. The normalized spacial score (nSPS) is 11.5. The molecule has 1 heterocycles. The Morgan fingerprint density at radius 1 is 1.47 bits per heavy atom. The van der Waals surface area contributed by atoms with Gasteiger partial charge in [-0.3, -0.25) is 9.82 Å². The summed E-state index contributed by atoms with van der Waals surface area (Å²) in [6.45, 7) is -0.00412. The maximum Gasteiger partial charge on any atom is 0.279 e. The van der Waals surface area contributed by atoms with Crippen LogP contribution in [0, 0.1) is 5.82 Å². The van der Waals surface area contributed by atoms with Gasteiger partial charge in [0.05, 0.1) is 11.9 Å². The third-order valence-electron chi connectivity index (χ3n) is 2.34. The fourth-order valence-corrected chi connectivity index (χ4v) is 2.82. The van der Waals surface area contributed by atoms with Gasteiger partial charge < -0.3 is 5.73 Å². The van der Waals surface area contributed by atoms with Gasteiger partial charge in [0.2, 0.25) is 0 Å². The molecule has 0 spiro atoms. The summed E-state index contributed by atoms with van der Waals surface area (Å²) in [6, 6.07) is 3.61. The molecule has 4 N–H and O–H groups in total. The van der Waals surface area contributed by atoms with Gasteiger partial charge in [-0.15, -0.1) is 0 Å². The Hall–Kier alpha value is -1.64. The van der Waals surface area contributed by atoms with Crippen molar-refractivity contribution in [2.75, 3.05) is 4.72 Å². The van der Waals surface area contributed by atoms with Gasteiger partial charge in [-0.05, 0) is 18.2 Å². The molecular formula is C10H10ClFN4O2S. The van der Waals surface area contributed by atoms with E-state index in [1.807, 2.05) is 0 Å². The molecule has 1 aromatic carbocycles. The number of hydrogen-bond acceptors (Lipinski definition) is 4. The van der Waals surface area contributed by atoms with Gasteiger partial charge in [-0.2, -0.15) is 13.5 Å². The topological polar surface area (TPSA) is 101 Å². The van der Waals surface area contributed by atoms with Crippen LogP contribution in [-0.2, 0) is 16.6 Å². The van der Waals surface area contributed by atoms with Crippen molar-refractivity contribution >= 4 is 27.3 Å². The molecule has 6 nitrogen and oxygen atoms in total. The zero-order valence-electron chi connectivity index (χ0n) is 9.52. The lowest BCUT2D eigenvalue weighted by Gasteiger charge is -2.08. The zero-order valence-corrected chi connectivity index (χ0v) is 11.1. The summed E-state index contributed by atoms with van der Waals surface area (Å²) >= 11 is 5.59. The maximum atomic E-state index is 13.5. The molecule has 0 saturated heterocycles. The Morgan fingerprint density at radius 3 is 2.84 bits per heavy atom. The number of benzene rings is 1. The van der Waals surface area contributed by atoms with Gasteiger partial charge in [0.15, 0.2) is 5.03 Å². The van der Waals surface area contributed by atoms with Crippen molar-refractivity contribution < 1.29 is 12.8 Å².